The third kappa shape index (κ3) is 5.48. The number of aryl methyl sites for hydroxylation is 1. The van der Waals surface area contributed by atoms with Crippen molar-refractivity contribution in [1.82, 2.24) is 0 Å². The molecule has 0 amide bonds. The van der Waals surface area contributed by atoms with Crippen molar-refractivity contribution in [1.29, 1.82) is 0 Å². The van der Waals surface area contributed by atoms with Crippen molar-refractivity contribution in [3.63, 3.8) is 0 Å². The Morgan fingerprint density at radius 1 is 0.815 bits per heavy atom. The van der Waals surface area contributed by atoms with Crippen molar-refractivity contribution in [2.75, 3.05) is 11.9 Å². The molecule has 0 radical (unpaired) electrons. The standard InChI is InChI=1S/C23H24FNO2/c1-3-26-23-14-19(15-25-21-11-9-20(24)10-12-21)8-13-22(23)27-16-18-6-4-17(2)5-7-18/h4-14,25H,3,15-16H2,1-2H3. The van der Waals surface area contributed by atoms with E-state index < -0.39 is 0 Å². The Labute approximate surface area is 159 Å². The highest BCUT2D eigenvalue weighted by Gasteiger charge is 2.07. The summed E-state index contributed by atoms with van der Waals surface area (Å²) < 4.78 is 24.7. The minimum atomic E-state index is -0.241. The van der Waals surface area contributed by atoms with Crippen LogP contribution in [0.15, 0.2) is 66.7 Å². The van der Waals surface area contributed by atoms with E-state index in [-0.39, 0.29) is 5.82 Å². The van der Waals surface area contributed by atoms with Gasteiger partial charge in [0.2, 0.25) is 0 Å². The second-order valence-electron chi connectivity index (χ2n) is 6.35. The average Bonchev–Trinajstić information content (AvgIpc) is 2.68. The first-order valence-electron chi connectivity index (χ1n) is 9.07. The van der Waals surface area contributed by atoms with Gasteiger partial charge in [0, 0.05) is 12.2 Å². The second-order valence-corrected chi connectivity index (χ2v) is 6.35. The van der Waals surface area contributed by atoms with Crippen LogP contribution < -0.4 is 14.8 Å². The Hall–Kier alpha value is -3.01. The molecule has 1 N–H and O–H groups in total. The van der Waals surface area contributed by atoms with Crippen molar-refractivity contribution in [3.8, 4) is 11.5 Å². The van der Waals surface area contributed by atoms with Gasteiger partial charge in [-0.05, 0) is 61.4 Å². The molecule has 27 heavy (non-hydrogen) atoms. The molecule has 0 saturated carbocycles. The summed E-state index contributed by atoms with van der Waals surface area (Å²) in [6.45, 7) is 5.69. The molecule has 0 atom stereocenters. The second kappa shape index (κ2) is 9.08. The zero-order valence-corrected chi connectivity index (χ0v) is 15.7. The maximum atomic E-state index is 13.0. The molecular weight excluding hydrogens is 341 g/mol. The molecule has 0 aliphatic heterocycles. The summed E-state index contributed by atoms with van der Waals surface area (Å²) >= 11 is 0. The molecule has 0 unspecified atom stereocenters. The molecular formula is C23H24FNO2. The minimum Gasteiger partial charge on any atom is -0.490 e. The molecule has 3 rings (SSSR count). The van der Waals surface area contributed by atoms with Crippen molar-refractivity contribution < 1.29 is 13.9 Å². The van der Waals surface area contributed by atoms with Crippen molar-refractivity contribution in [3.05, 3.63) is 89.2 Å². The highest BCUT2D eigenvalue weighted by Crippen LogP contribution is 2.29. The largest absolute Gasteiger partial charge is 0.490 e. The normalized spacial score (nSPS) is 10.5. The average molecular weight is 365 g/mol. The molecule has 0 heterocycles. The number of hydrogen-bond donors (Lipinski definition) is 1. The van der Waals surface area contributed by atoms with E-state index in [2.05, 4.69) is 36.5 Å². The first kappa shape index (κ1) is 18.8. The number of anilines is 1. The van der Waals surface area contributed by atoms with Gasteiger partial charge in [-0.3, -0.25) is 0 Å². The summed E-state index contributed by atoms with van der Waals surface area (Å²) in [5.41, 5.74) is 4.27. The van der Waals surface area contributed by atoms with Crippen LogP contribution in [0.3, 0.4) is 0 Å². The molecule has 0 spiro atoms. The fourth-order valence-corrected chi connectivity index (χ4v) is 2.67. The van der Waals surface area contributed by atoms with E-state index in [1.165, 1.54) is 17.7 Å². The van der Waals surface area contributed by atoms with Gasteiger partial charge in [0.25, 0.3) is 0 Å². The van der Waals surface area contributed by atoms with Crippen molar-refractivity contribution in [2.45, 2.75) is 27.0 Å². The van der Waals surface area contributed by atoms with Crippen LogP contribution in [0, 0.1) is 12.7 Å². The fraction of sp³-hybridized carbons (Fsp3) is 0.217. The molecule has 3 aromatic carbocycles. The van der Waals surface area contributed by atoms with Crippen LogP contribution in [-0.4, -0.2) is 6.61 Å². The van der Waals surface area contributed by atoms with Gasteiger partial charge in [-0.1, -0.05) is 35.9 Å². The minimum absolute atomic E-state index is 0.241. The van der Waals surface area contributed by atoms with Gasteiger partial charge in [0.1, 0.15) is 12.4 Å². The lowest BCUT2D eigenvalue weighted by atomic mass is 10.1. The van der Waals surface area contributed by atoms with Crippen LogP contribution >= 0.6 is 0 Å². The van der Waals surface area contributed by atoms with Gasteiger partial charge in [-0.15, -0.1) is 0 Å². The van der Waals surface area contributed by atoms with Gasteiger partial charge < -0.3 is 14.8 Å². The smallest absolute Gasteiger partial charge is 0.161 e. The summed E-state index contributed by atoms with van der Waals surface area (Å²) in [5.74, 6) is 1.21. The molecule has 140 valence electrons. The first-order chi connectivity index (χ1) is 13.1. The van der Waals surface area contributed by atoms with Crippen LogP contribution in [-0.2, 0) is 13.2 Å². The summed E-state index contributed by atoms with van der Waals surface area (Å²) in [6.07, 6.45) is 0. The predicted octanol–water partition coefficient (Wildman–Crippen LogP) is 5.72. The van der Waals surface area contributed by atoms with Crippen molar-refractivity contribution in [2.24, 2.45) is 0 Å². The van der Waals surface area contributed by atoms with E-state index in [4.69, 9.17) is 9.47 Å². The lowest BCUT2D eigenvalue weighted by Crippen LogP contribution is -2.03. The van der Waals surface area contributed by atoms with Crippen molar-refractivity contribution >= 4 is 5.69 Å². The number of rotatable bonds is 8. The van der Waals surface area contributed by atoms with E-state index in [1.54, 1.807) is 12.1 Å². The predicted molar refractivity (Wildman–Crippen MR) is 107 cm³/mol. The van der Waals surface area contributed by atoms with Crippen LogP contribution in [0.4, 0.5) is 10.1 Å². The SMILES string of the molecule is CCOc1cc(CNc2ccc(F)cc2)ccc1OCc1ccc(C)cc1. The lowest BCUT2D eigenvalue weighted by Gasteiger charge is -2.14. The van der Waals surface area contributed by atoms with Gasteiger partial charge in [-0.2, -0.15) is 0 Å². The third-order valence-electron chi connectivity index (χ3n) is 4.16. The molecule has 0 aliphatic rings. The molecule has 0 aliphatic carbocycles. The monoisotopic (exact) mass is 365 g/mol. The summed E-state index contributed by atoms with van der Waals surface area (Å²) in [6, 6.07) is 20.5. The van der Waals surface area contributed by atoms with Crippen LogP contribution in [0.5, 0.6) is 11.5 Å². The number of ether oxygens (including phenoxy) is 2. The molecule has 3 aromatic rings. The van der Waals surface area contributed by atoms with E-state index in [0.29, 0.717) is 19.8 Å². The summed E-state index contributed by atoms with van der Waals surface area (Å²) in [5, 5.41) is 3.28. The maximum absolute atomic E-state index is 13.0. The number of nitrogens with one attached hydrogen (secondary N) is 1. The molecule has 0 fully saturated rings. The number of benzene rings is 3. The fourth-order valence-electron chi connectivity index (χ4n) is 2.67. The van der Waals surface area contributed by atoms with E-state index in [0.717, 1.165) is 28.3 Å². The Kier molecular flexibility index (Phi) is 6.31. The number of halogens is 1. The molecule has 4 heteroatoms. The summed E-state index contributed by atoms with van der Waals surface area (Å²) in [4.78, 5) is 0. The lowest BCUT2D eigenvalue weighted by molar-refractivity contribution is 0.269. The van der Waals surface area contributed by atoms with Crippen LogP contribution in [0.1, 0.15) is 23.6 Å². The zero-order valence-electron chi connectivity index (χ0n) is 15.7. The molecule has 0 bridgehead atoms. The van der Waals surface area contributed by atoms with Gasteiger partial charge in [-0.25, -0.2) is 4.39 Å². The molecule has 0 aromatic heterocycles. The first-order valence-corrected chi connectivity index (χ1v) is 9.07. The highest BCUT2D eigenvalue weighted by atomic mass is 19.1. The molecule has 0 saturated heterocycles. The van der Waals surface area contributed by atoms with Gasteiger partial charge in [0.15, 0.2) is 11.5 Å². The van der Waals surface area contributed by atoms with Crippen LogP contribution in [0.2, 0.25) is 0 Å². The zero-order chi connectivity index (χ0) is 19.1. The Morgan fingerprint density at radius 3 is 2.22 bits per heavy atom. The maximum Gasteiger partial charge on any atom is 0.161 e. The summed E-state index contributed by atoms with van der Waals surface area (Å²) in [7, 11) is 0. The quantitative estimate of drug-likeness (QED) is 0.553. The van der Waals surface area contributed by atoms with Gasteiger partial charge >= 0.3 is 0 Å². The third-order valence-corrected chi connectivity index (χ3v) is 4.16. The molecule has 3 nitrogen and oxygen atoms in total. The highest BCUT2D eigenvalue weighted by molar-refractivity contribution is 5.47. The number of hydrogen-bond acceptors (Lipinski definition) is 3. The van der Waals surface area contributed by atoms with Gasteiger partial charge in [0.05, 0.1) is 6.61 Å². The Bertz CT molecular complexity index is 861. The van der Waals surface area contributed by atoms with E-state index >= 15 is 0 Å². The van der Waals surface area contributed by atoms with E-state index in [1.807, 2.05) is 25.1 Å². The topological polar surface area (TPSA) is 30.5 Å². The Balaban J connectivity index is 1.66. The Morgan fingerprint density at radius 2 is 1.52 bits per heavy atom. The van der Waals surface area contributed by atoms with E-state index in [9.17, 15) is 4.39 Å². The van der Waals surface area contributed by atoms with Crippen LogP contribution in [0.25, 0.3) is 0 Å².